The number of carbonyl (C=O) groups is 3. The molecule has 9 heteroatoms. The molecule has 156 valence electrons. The van der Waals surface area contributed by atoms with Crippen LogP contribution in [0.25, 0.3) is 16.2 Å². The summed E-state index contributed by atoms with van der Waals surface area (Å²) in [6.07, 6.45) is 0.169. The smallest absolute Gasteiger partial charge is 0.250 e. The van der Waals surface area contributed by atoms with Crippen LogP contribution in [0.5, 0.6) is 0 Å². The van der Waals surface area contributed by atoms with Gasteiger partial charge in [-0.25, -0.2) is 4.52 Å². The highest BCUT2D eigenvalue weighted by Gasteiger charge is 2.15. The van der Waals surface area contributed by atoms with Crippen LogP contribution in [-0.2, 0) is 9.59 Å². The summed E-state index contributed by atoms with van der Waals surface area (Å²) >= 11 is 1.40. The van der Waals surface area contributed by atoms with E-state index in [1.165, 1.54) is 18.3 Å². The number of Topliss-reactive ketones (excluding diaryl/α,β-unsaturated/α-hetero) is 1. The van der Waals surface area contributed by atoms with Crippen LogP contribution >= 0.6 is 11.3 Å². The van der Waals surface area contributed by atoms with E-state index in [0.717, 1.165) is 11.3 Å². The van der Waals surface area contributed by atoms with Gasteiger partial charge in [0.05, 0.1) is 5.69 Å². The van der Waals surface area contributed by atoms with E-state index in [-0.39, 0.29) is 36.4 Å². The SMILES string of the molecule is CC(=O)Nc1ccc(-c2csc3nc(NC(=O)CCC(=O)c4ccccc4)nn23)cc1. The van der Waals surface area contributed by atoms with Crippen LogP contribution in [0.2, 0.25) is 0 Å². The minimum absolute atomic E-state index is 0.0536. The second-order valence-corrected chi connectivity index (χ2v) is 7.68. The number of amides is 2. The molecule has 0 radical (unpaired) electrons. The predicted octanol–water partition coefficient (Wildman–Crippen LogP) is 4.02. The molecule has 0 saturated heterocycles. The summed E-state index contributed by atoms with van der Waals surface area (Å²) in [6, 6.07) is 16.3. The third-order valence-corrected chi connectivity index (χ3v) is 5.32. The first-order chi connectivity index (χ1) is 15.0. The number of aromatic nitrogens is 3. The topological polar surface area (TPSA) is 105 Å². The third-order valence-electron chi connectivity index (χ3n) is 4.51. The highest BCUT2D eigenvalue weighted by atomic mass is 32.1. The Morgan fingerprint density at radius 3 is 2.42 bits per heavy atom. The second kappa shape index (κ2) is 8.88. The average Bonchev–Trinajstić information content (AvgIpc) is 3.33. The number of fused-ring (bicyclic) bond motifs is 1. The summed E-state index contributed by atoms with van der Waals surface area (Å²) in [5.74, 6) is -0.337. The van der Waals surface area contributed by atoms with Crippen LogP contribution < -0.4 is 10.6 Å². The number of hydrogen-bond donors (Lipinski definition) is 2. The number of benzene rings is 2. The molecule has 0 fully saturated rings. The molecule has 0 bridgehead atoms. The van der Waals surface area contributed by atoms with Crippen molar-refractivity contribution in [2.24, 2.45) is 0 Å². The number of anilines is 2. The number of ketones is 1. The van der Waals surface area contributed by atoms with Gasteiger partial charge in [0.15, 0.2) is 5.78 Å². The zero-order valence-corrected chi connectivity index (χ0v) is 17.5. The molecule has 8 nitrogen and oxygen atoms in total. The Bertz CT molecular complexity index is 1250. The Hall–Kier alpha value is -3.85. The minimum atomic E-state index is -0.316. The number of nitrogens with zero attached hydrogens (tertiary/aromatic N) is 3. The summed E-state index contributed by atoms with van der Waals surface area (Å²) in [7, 11) is 0. The van der Waals surface area contributed by atoms with E-state index in [0.29, 0.717) is 16.2 Å². The lowest BCUT2D eigenvalue weighted by molar-refractivity contribution is -0.116. The van der Waals surface area contributed by atoms with Crippen molar-refractivity contribution in [3.8, 4) is 11.3 Å². The average molecular weight is 433 g/mol. The molecule has 0 aliphatic rings. The van der Waals surface area contributed by atoms with Crippen molar-refractivity contribution in [1.82, 2.24) is 14.6 Å². The molecular weight excluding hydrogens is 414 g/mol. The van der Waals surface area contributed by atoms with Gasteiger partial charge < -0.3 is 5.32 Å². The molecule has 2 aromatic heterocycles. The van der Waals surface area contributed by atoms with Gasteiger partial charge in [-0.2, -0.15) is 4.98 Å². The molecule has 2 amide bonds. The van der Waals surface area contributed by atoms with Gasteiger partial charge in [0.25, 0.3) is 0 Å². The lowest BCUT2D eigenvalue weighted by Crippen LogP contribution is -2.14. The fraction of sp³-hybridized carbons (Fsp3) is 0.136. The number of hydrogen-bond acceptors (Lipinski definition) is 6. The summed E-state index contributed by atoms with van der Waals surface area (Å²) in [6.45, 7) is 1.46. The fourth-order valence-electron chi connectivity index (χ4n) is 3.04. The third kappa shape index (κ3) is 4.84. The predicted molar refractivity (Wildman–Crippen MR) is 119 cm³/mol. The van der Waals surface area contributed by atoms with Crippen molar-refractivity contribution in [2.45, 2.75) is 19.8 Å². The van der Waals surface area contributed by atoms with E-state index in [4.69, 9.17) is 0 Å². The quantitative estimate of drug-likeness (QED) is 0.428. The van der Waals surface area contributed by atoms with Crippen LogP contribution in [0.15, 0.2) is 60.0 Å². The highest BCUT2D eigenvalue weighted by Crippen LogP contribution is 2.27. The van der Waals surface area contributed by atoms with E-state index in [1.807, 2.05) is 35.7 Å². The Morgan fingerprint density at radius 2 is 1.71 bits per heavy atom. The summed E-state index contributed by atoms with van der Waals surface area (Å²) < 4.78 is 1.66. The maximum atomic E-state index is 12.2. The molecule has 0 aliphatic carbocycles. The number of rotatable bonds is 7. The van der Waals surface area contributed by atoms with Crippen molar-refractivity contribution in [1.29, 1.82) is 0 Å². The van der Waals surface area contributed by atoms with Gasteiger partial charge >= 0.3 is 0 Å². The van der Waals surface area contributed by atoms with Gasteiger partial charge in [-0.05, 0) is 12.1 Å². The summed E-state index contributed by atoms with van der Waals surface area (Å²) in [4.78, 5) is 40.5. The van der Waals surface area contributed by atoms with Gasteiger partial charge in [-0.15, -0.1) is 16.4 Å². The molecule has 0 unspecified atom stereocenters. The van der Waals surface area contributed by atoms with Crippen molar-refractivity contribution >= 4 is 45.5 Å². The molecule has 2 heterocycles. The highest BCUT2D eigenvalue weighted by molar-refractivity contribution is 7.15. The second-order valence-electron chi connectivity index (χ2n) is 6.85. The van der Waals surface area contributed by atoms with Crippen molar-refractivity contribution < 1.29 is 14.4 Å². The molecule has 0 saturated carbocycles. The van der Waals surface area contributed by atoms with E-state index >= 15 is 0 Å². The number of nitrogens with one attached hydrogen (secondary N) is 2. The van der Waals surface area contributed by atoms with Crippen LogP contribution in [0, 0.1) is 0 Å². The monoisotopic (exact) mass is 433 g/mol. The fourth-order valence-corrected chi connectivity index (χ4v) is 3.87. The van der Waals surface area contributed by atoms with E-state index in [2.05, 4.69) is 20.7 Å². The first-order valence-electron chi connectivity index (χ1n) is 9.60. The number of carbonyl (C=O) groups excluding carboxylic acids is 3. The van der Waals surface area contributed by atoms with Crippen molar-refractivity contribution in [3.63, 3.8) is 0 Å². The first kappa shape index (κ1) is 20.4. The maximum absolute atomic E-state index is 12.2. The van der Waals surface area contributed by atoms with Crippen LogP contribution in [0.4, 0.5) is 11.6 Å². The lowest BCUT2D eigenvalue weighted by atomic mass is 10.1. The van der Waals surface area contributed by atoms with E-state index in [1.54, 1.807) is 28.8 Å². The van der Waals surface area contributed by atoms with E-state index < -0.39 is 0 Å². The normalized spacial score (nSPS) is 10.7. The van der Waals surface area contributed by atoms with Gasteiger partial charge in [0.2, 0.25) is 22.7 Å². The zero-order valence-electron chi connectivity index (χ0n) is 16.7. The molecule has 0 aliphatic heterocycles. The summed E-state index contributed by atoms with van der Waals surface area (Å²) in [5, 5.41) is 11.7. The standard InChI is InChI=1S/C22H19N5O3S/c1-14(28)23-17-9-7-15(8-10-17)18-13-31-22-25-21(26-27(18)22)24-20(30)12-11-19(29)16-5-3-2-4-6-16/h2-10,13H,11-12H2,1H3,(H,23,28)(H,24,26,30). The maximum Gasteiger partial charge on any atom is 0.250 e. The molecule has 31 heavy (non-hydrogen) atoms. The Kier molecular flexibility index (Phi) is 5.85. The molecule has 4 rings (SSSR count). The van der Waals surface area contributed by atoms with Crippen LogP contribution in [0.1, 0.15) is 30.1 Å². The van der Waals surface area contributed by atoms with Gasteiger partial charge in [0, 0.05) is 42.0 Å². The minimum Gasteiger partial charge on any atom is -0.326 e. The van der Waals surface area contributed by atoms with Crippen molar-refractivity contribution in [3.05, 3.63) is 65.5 Å². The Morgan fingerprint density at radius 1 is 0.968 bits per heavy atom. The lowest BCUT2D eigenvalue weighted by Gasteiger charge is -2.04. The largest absolute Gasteiger partial charge is 0.326 e. The van der Waals surface area contributed by atoms with Crippen LogP contribution in [-0.4, -0.2) is 32.2 Å². The molecule has 2 aromatic carbocycles. The van der Waals surface area contributed by atoms with Gasteiger partial charge in [-0.3, -0.25) is 19.7 Å². The zero-order chi connectivity index (χ0) is 21.8. The van der Waals surface area contributed by atoms with Gasteiger partial charge in [-0.1, -0.05) is 42.5 Å². The molecule has 2 N–H and O–H groups in total. The Balaban J connectivity index is 1.42. The van der Waals surface area contributed by atoms with Crippen molar-refractivity contribution in [2.75, 3.05) is 10.6 Å². The molecule has 0 atom stereocenters. The van der Waals surface area contributed by atoms with Gasteiger partial charge in [0.1, 0.15) is 0 Å². The molecule has 4 aromatic rings. The van der Waals surface area contributed by atoms with Crippen LogP contribution in [0.3, 0.4) is 0 Å². The first-order valence-corrected chi connectivity index (χ1v) is 10.5. The van der Waals surface area contributed by atoms with E-state index in [9.17, 15) is 14.4 Å². The molecular formula is C22H19N5O3S. The molecule has 0 spiro atoms. The number of thiazole rings is 1. The summed E-state index contributed by atoms with van der Waals surface area (Å²) in [5.41, 5.74) is 3.02. The Labute approximate surface area is 181 Å².